The second-order valence-electron chi connectivity index (χ2n) is 6.89. The van der Waals surface area contributed by atoms with Crippen LogP contribution in [0.5, 0.6) is 0 Å². The number of sulfonamides is 1. The van der Waals surface area contributed by atoms with E-state index in [4.69, 9.17) is 5.14 Å². The molecule has 0 aromatic heterocycles. The lowest BCUT2D eigenvalue weighted by Crippen LogP contribution is -2.29. The van der Waals surface area contributed by atoms with E-state index in [1.165, 1.54) is 17.7 Å². The molecule has 2 unspecified atom stereocenters. The highest BCUT2D eigenvalue weighted by Crippen LogP contribution is 2.29. The van der Waals surface area contributed by atoms with Crippen molar-refractivity contribution in [2.75, 3.05) is 18.4 Å². The van der Waals surface area contributed by atoms with E-state index in [2.05, 4.69) is 29.3 Å². The Morgan fingerprint density at radius 3 is 2.56 bits per heavy atom. The SMILES string of the molecule is CC1CN(Cc2ccccc2)CC1Nc1ccc([N+](=O)[O-])cc1S(N)(=O)=O. The number of rotatable bonds is 6. The Labute approximate surface area is 158 Å². The van der Waals surface area contributed by atoms with Gasteiger partial charge >= 0.3 is 0 Å². The Balaban J connectivity index is 1.78. The summed E-state index contributed by atoms with van der Waals surface area (Å²) in [4.78, 5) is 12.3. The first-order valence-corrected chi connectivity index (χ1v) is 10.1. The van der Waals surface area contributed by atoms with E-state index in [-0.39, 0.29) is 22.5 Å². The Kier molecular flexibility index (Phi) is 5.45. The third-order valence-corrected chi connectivity index (χ3v) is 5.71. The molecule has 2 atom stereocenters. The van der Waals surface area contributed by atoms with Crippen molar-refractivity contribution in [3.8, 4) is 0 Å². The Morgan fingerprint density at radius 1 is 1.22 bits per heavy atom. The van der Waals surface area contributed by atoms with Crippen molar-refractivity contribution >= 4 is 21.4 Å². The van der Waals surface area contributed by atoms with Gasteiger partial charge in [-0.3, -0.25) is 15.0 Å². The molecule has 3 rings (SSSR count). The first-order valence-electron chi connectivity index (χ1n) is 8.58. The van der Waals surface area contributed by atoms with Crippen LogP contribution < -0.4 is 10.5 Å². The van der Waals surface area contributed by atoms with Crippen molar-refractivity contribution in [2.45, 2.75) is 24.4 Å². The quantitative estimate of drug-likeness (QED) is 0.576. The summed E-state index contributed by atoms with van der Waals surface area (Å²) < 4.78 is 23.8. The van der Waals surface area contributed by atoms with E-state index in [0.717, 1.165) is 25.7 Å². The third kappa shape index (κ3) is 4.62. The van der Waals surface area contributed by atoms with Crippen molar-refractivity contribution < 1.29 is 13.3 Å². The van der Waals surface area contributed by atoms with Crippen LogP contribution >= 0.6 is 0 Å². The molecule has 8 nitrogen and oxygen atoms in total. The number of hydrogen-bond acceptors (Lipinski definition) is 6. The van der Waals surface area contributed by atoms with Crippen molar-refractivity contribution in [3.63, 3.8) is 0 Å². The predicted octanol–water partition coefficient (Wildman–Crippen LogP) is 2.17. The van der Waals surface area contributed by atoms with Crippen LogP contribution in [-0.2, 0) is 16.6 Å². The zero-order chi connectivity index (χ0) is 19.6. The summed E-state index contributed by atoms with van der Waals surface area (Å²) in [6.07, 6.45) is 0. The fraction of sp³-hybridized carbons (Fsp3) is 0.333. The molecule has 2 aromatic carbocycles. The highest BCUT2D eigenvalue weighted by atomic mass is 32.2. The average Bonchev–Trinajstić information content (AvgIpc) is 2.94. The Morgan fingerprint density at radius 2 is 1.93 bits per heavy atom. The molecule has 1 saturated heterocycles. The molecule has 144 valence electrons. The average molecular weight is 390 g/mol. The molecule has 0 saturated carbocycles. The lowest BCUT2D eigenvalue weighted by atomic mass is 10.1. The molecule has 0 amide bonds. The number of nitrogens with zero attached hydrogens (tertiary/aromatic N) is 2. The van der Waals surface area contributed by atoms with Gasteiger partial charge in [0, 0.05) is 37.8 Å². The van der Waals surface area contributed by atoms with E-state index in [1.54, 1.807) is 0 Å². The van der Waals surface area contributed by atoms with Gasteiger partial charge in [-0.2, -0.15) is 0 Å². The number of hydrogen-bond donors (Lipinski definition) is 2. The van der Waals surface area contributed by atoms with Crippen LogP contribution in [-0.4, -0.2) is 37.4 Å². The van der Waals surface area contributed by atoms with Gasteiger partial charge in [-0.15, -0.1) is 0 Å². The van der Waals surface area contributed by atoms with E-state index < -0.39 is 14.9 Å². The van der Waals surface area contributed by atoms with Crippen molar-refractivity contribution in [2.24, 2.45) is 11.1 Å². The standard InChI is InChI=1S/C18H22N4O4S/c1-13-10-21(11-14-5-3-2-4-6-14)12-17(13)20-16-8-7-15(22(23)24)9-18(16)27(19,25)26/h2-9,13,17,20H,10-12H2,1H3,(H2,19,25,26). The minimum Gasteiger partial charge on any atom is -0.380 e. The van der Waals surface area contributed by atoms with Crippen molar-refractivity contribution in [1.29, 1.82) is 0 Å². The smallest absolute Gasteiger partial charge is 0.270 e. The molecular weight excluding hydrogens is 368 g/mol. The van der Waals surface area contributed by atoms with E-state index in [1.807, 2.05) is 18.2 Å². The monoisotopic (exact) mass is 390 g/mol. The largest absolute Gasteiger partial charge is 0.380 e. The highest BCUT2D eigenvalue weighted by molar-refractivity contribution is 7.89. The van der Waals surface area contributed by atoms with Crippen LogP contribution in [0.2, 0.25) is 0 Å². The summed E-state index contributed by atoms with van der Waals surface area (Å²) in [6.45, 7) is 4.50. The van der Waals surface area contributed by atoms with Crippen LogP contribution in [0.4, 0.5) is 11.4 Å². The van der Waals surface area contributed by atoms with Crippen LogP contribution in [0.1, 0.15) is 12.5 Å². The summed E-state index contributed by atoms with van der Waals surface area (Å²) in [5.74, 6) is 0.275. The summed E-state index contributed by atoms with van der Waals surface area (Å²) in [7, 11) is -4.09. The summed E-state index contributed by atoms with van der Waals surface area (Å²) >= 11 is 0. The Bertz CT molecular complexity index is 934. The maximum atomic E-state index is 11.9. The molecule has 1 aliphatic heterocycles. The number of non-ortho nitro benzene ring substituents is 1. The fourth-order valence-corrected chi connectivity index (χ4v) is 4.12. The van der Waals surface area contributed by atoms with Crippen LogP contribution in [0.3, 0.4) is 0 Å². The van der Waals surface area contributed by atoms with Gasteiger partial charge in [0.05, 0.1) is 10.6 Å². The second kappa shape index (κ2) is 7.63. The number of nitro groups is 1. The van der Waals surface area contributed by atoms with Crippen molar-refractivity contribution in [3.05, 3.63) is 64.2 Å². The number of benzene rings is 2. The zero-order valence-electron chi connectivity index (χ0n) is 14.9. The highest BCUT2D eigenvalue weighted by Gasteiger charge is 2.31. The van der Waals surface area contributed by atoms with Crippen molar-refractivity contribution in [1.82, 2.24) is 4.90 Å². The molecule has 1 heterocycles. The predicted molar refractivity (Wildman–Crippen MR) is 103 cm³/mol. The first-order chi connectivity index (χ1) is 12.7. The molecule has 0 spiro atoms. The normalized spacial score (nSPS) is 20.5. The fourth-order valence-electron chi connectivity index (χ4n) is 3.40. The van der Waals surface area contributed by atoms with Gasteiger partial charge < -0.3 is 5.32 Å². The first kappa shape index (κ1) is 19.3. The zero-order valence-corrected chi connectivity index (χ0v) is 15.7. The number of anilines is 1. The molecule has 9 heteroatoms. The van der Waals surface area contributed by atoms with Gasteiger partial charge in [0.15, 0.2) is 0 Å². The molecule has 0 bridgehead atoms. The number of nitro benzene ring substituents is 1. The van der Waals surface area contributed by atoms with E-state index >= 15 is 0 Å². The Hall–Kier alpha value is -2.49. The molecule has 1 aliphatic rings. The van der Waals surface area contributed by atoms with Crippen LogP contribution in [0, 0.1) is 16.0 Å². The lowest BCUT2D eigenvalue weighted by molar-refractivity contribution is -0.385. The number of likely N-dealkylation sites (tertiary alicyclic amines) is 1. The summed E-state index contributed by atoms with van der Waals surface area (Å²) in [6, 6.07) is 13.8. The second-order valence-corrected chi connectivity index (χ2v) is 8.42. The third-order valence-electron chi connectivity index (χ3n) is 4.76. The summed E-state index contributed by atoms with van der Waals surface area (Å²) in [5.41, 5.74) is 1.20. The topological polar surface area (TPSA) is 119 Å². The van der Waals surface area contributed by atoms with Crippen LogP contribution in [0.25, 0.3) is 0 Å². The van der Waals surface area contributed by atoms with Gasteiger partial charge in [-0.1, -0.05) is 37.3 Å². The summed E-state index contributed by atoms with van der Waals surface area (Å²) in [5, 5.41) is 19.4. The number of nitrogens with one attached hydrogen (secondary N) is 1. The van der Waals surface area contributed by atoms with Gasteiger partial charge in [-0.05, 0) is 17.5 Å². The van der Waals surface area contributed by atoms with Gasteiger partial charge in [0.1, 0.15) is 4.90 Å². The van der Waals surface area contributed by atoms with Gasteiger partial charge in [0.25, 0.3) is 5.69 Å². The van der Waals surface area contributed by atoms with Crippen LogP contribution in [0.15, 0.2) is 53.4 Å². The van der Waals surface area contributed by atoms with Gasteiger partial charge in [-0.25, -0.2) is 13.6 Å². The number of primary sulfonamides is 1. The van der Waals surface area contributed by atoms with E-state index in [9.17, 15) is 18.5 Å². The van der Waals surface area contributed by atoms with Gasteiger partial charge in [0.2, 0.25) is 10.0 Å². The minimum absolute atomic E-state index is 0.00988. The maximum Gasteiger partial charge on any atom is 0.270 e. The molecular formula is C18H22N4O4S. The number of nitrogens with two attached hydrogens (primary N) is 1. The molecule has 3 N–H and O–H groups in total. The molecule has 0 aliphatic carbocycles. The lowest BCUT2D eigenvalue weighted by Gasteiger charge is -2.20. The molecule has 2 aromatic rings. The molecule has 0 radical (unpaired) electrons. The molecule has 1 fully saturated rings. The minimum atomic E-state index is -4.09. The van der Waals surface area contributed by atoms with E-state index in [0.29, 0.717) is 5.69 Å². The maximum absolute atomic E-state index is 11.9. The molecule has 27 heavy (non-hydrogen) atoms.